The summed E-state index contributed by atoms with van der Waals surface area (Å²) in [7, 11) is 0. The summed E-state index contributed by atoms with van der Waals surface area (Å²) in [5.41, 5.74) is 0.964. The van der Waals surface area contributed by atoms with Crippen LogP contribution in [-0.4, -0.2) is 30.6 Å². The zero-order valence-corrected chi connectivity index (χ0v) is 14.7. The van der Waals surface area contributed by atoms with E-state index in [0.717, 1.165) is 37.2 Å². The van der Waals surface area contributed by atoms with Crippen molar-refractivity contribution in [3.63, 3.8) is 0 Å². The number of carbonyl (C=O) groups is 1. The first-order valence-corrected chi connectivity index (χ1v) is 9.24. The fourth-order valence-electron chi connectivity index (χ4n) is 2.86. The van der Waals surface area contributed by atoms with Crippen molar-refractivity contribution < 1.29 is 9.53 Å². The van der Waals surface area contributed by atoms with Gasteiger partial charge in [0, 0.05) is 11.1 Å². The summed E-state index contributed by atoms with van der Waals surface area (Å²) in [5, 5.41) is 6.97. The molecule has 1 aliphatic rings. The molecule has 0 atom stereocenters. The Kier molecular flexibility index (Phi) is 5.82. The Balaban J connectivity index is 1.53. The fourth-order valence-corrected chi connectivity index (χ4v) is 3.86. The molecule has 1 amide bonds. The van der Waals surface area contributed by atoms with Gasteiger partial charge in [-0.1, -0.05) is 12.1 Å². The Morgan fingerprint density at radius 2 is 2.08 bits per heavy atom. The van der Waals surface area contributed by atoms with Crippen LogP contribution in [0, 0.1) is 0 Å². The minimum Gasteiger partial charge on any atom is -0.494 e. The summed E-state index contributed by atoms with van der Waals surface area (Å²) in [6.07, 6.45) is 4.53. The van der Waals surface area contributed by atoms with Crippen molar-refractivity contribution in [2.24, 2.45) is 0 Å². The zero-order valence-electron chi connectivity index (χ0n) is 13.9. The van der Waals surface area contributed by atoms with Crippen LogP contribution in [0.4, 0.5) is 5.13 Å². The molecule has 1 fully saturated rings. The average molecular weight is 345 g/mol. The Morgan fingerprint density at radius 3 is 2.79 bits per heavy atom. The number of amides is 1. The van der Waals surface area contributed by atoms with Gasteiger partial charge in [-0.2, -0.15) is 0 Å². The Hall–Kier alpha value is -1.92. The maximum atomic E-state index is 12.2. The lowest BCUT2D eigenvalue weighted by molar-refractivity contribution is -0.115. The smallest absolute Gasteiger partial charge is 0.230 e. The van der Waals surface area contributed by atoms with E-state index < -0.39 is 0 Å². The van der Waals surface area contributed by atoms with Crippen LogP contribution in [0.5, 0.6) is 5.75 Å². The molecule has 2 heterocycles. The quantitative estimate of drug-likeness (QED) is 0.844. The van der Waals surface area contributed by atoms with Crippen LogP contribution >= 0.6 is 11.3 Å². The molecule has 128 valence electrons. The molecule has 2 aromatic rings. The highest BCUT2D eigenvalue weighted by Gasteiger charge is 2.18. The number of anilines is 1. The second kappa shape index (κ2) is 8.26. The van der Waals surface area contributed by atoms with Crippen molar-refractivity contribution in [3.8, 4) is 5.75 Å². The molecule has 0 spiro atoms. The molecule has 0 aliphatic carbocycles. The van der Waals surface area contributed by atoms with Gasteiger partial charge in [0.25, 0.3) is 0 Å². The molecule has 5 nitrogen and oxygen atoms in total. The second-order valence-corrected chi connectivity index (χ2v) is 6.96. The van der Waals surface area contributed by atoms with E-state index in [2.05, 4.69) is 15.6 Å². The maximum Gasteiger partial charge on any atom is 0.230 e. The third-order valence-corrected chi connectivity index (χ3v) is 5.19. The number of hydrogen-bond acceptors (Lipinski definition) is 5. The standard InChI is InChI=1S/C18H23N3O2S/c1-2-23-15-5-3-13(4-6-15)11-17(22)21-18-20-12-16(24-18)14-7-9-19-10-8-14/h3-6,12,14,19H,2,7-11H2,1H3,(H,20,21,22). The topological polar surface area (TPSA) is 63.2 Å². The van der Waals surface area contributed by atoms with Gasteiger partial charge >= 0.3 is 0 Å². The lowest BCUT2D eigenvalue weighted by Crippen LogP contribution is -2.26. The molecule has 0 unspecified atom stereocenters. The molecule has 0 bridgehead atoms. The van der Waals surface area contributed by atoms with E-state index >= 15 is 0 Å². The van der Waals surface area contributed by atoms with Gasteiger partial charge in [0.1, 0.15) is 5.75 Å². The number of benzene rings is 1. The second-order valence-electron chi connectivity index (χ2n) is 5.89. The highest BCUT2D eigenvalue weighted by Crippen LogP contribution is 2.31. The van der Waals surface area contributed by atoms with Crippen molar-refractivity contribution in [2.75, 3.05) is 25.0 Å². The summed E-state index contributed by atoms with van der Waals surface area (Å²) in [5.74, 6) is 1.36. The van der Waals surface area contributed by atoms with Gasteiger partial charge in [0.05, 0.1) is 13.0 Å². The number of nitrogens with one attached hydrogen (secondary N) is 2. The maximum absolute atomic E-state index is 12.2. The van der Waals surface area contributed by atoms with Crippen LogP contribution in [0.3, 0.4) is 0 Å². The molecule has 0 radical (unpaired) electrons. The van der Waals surface area contributed by atoms with Gasteiger partial charge in [-0.05, 0) is 56.5 Å². The minimum atomic E-state index is -0.0367. The summed E-state index contributed by atoms with van der Waals surface area (Å²) in [6.45, 7) is 4.71. The lowest BCUT2D eigenvalue weighted by Gasteiger charge is -2.20. The van der Waals surface area contributed by atoms with Gasteiger partial charge in [-0.3, -0.25) is 4.79 Å². The van der Waals surface area contributed by atoms with Crippen molar-refractivity contribution in [1.29, 1.82) is 0 Å². The van der Waals surface area contributed by atoms with Gasteiger partial charge in [-0.15, -0.1) is 11.3 Å². The molecule has 6 heteroatoms. The van der Waals surface area contributed by atoms with Crippen molar-refractivity contribution in [1.82, 2.24) is 10.3 Å². The number of piperidine rings is 1. The summed E-state index contributed by atoms with van der Waals surface area (Å²) in [6, 6.07) is 7.63. The number of ether oxygens (including phenoxy) is 1. The first-order chi connectivity index (χ1) is 11.7. The highest BCUT2D eigenvalue weighted by atomic mass is 32.1. The number of aromatic nitrogens is 1. The largest absolute Gasteiger partial charge is 0.494 e. The van der Waals surface area contributed by atoms with Crippen molar-refractivity contribution >= 4 is 22.4 Å². The first-order valence-electron chi connectivity index (χ1n) is 8.42. The molecular formula is C18H23N3O2S. The monoisotopic (exact) mass is 345 g/mol. The first kappa shape index (κ1) is 16.9. The van der Waals surface area contributed by atoms with E-state index in [4.69, 9.17) is 4.74 Å². The Morgan fingerprint density at radius 1 is 1.33 bits per heavy atom. The number of hydrogen-bond donors (Lipinski definition) is 2. The van der Waals surface area contributed by atoms with Crippen LogP contribution in [0.2, 0.25) is 0 Å². The van der Waals surface area contributed by atoms with E-state index in [9.17, 15) is 4.79 Å². The number of thiazole rings is 1. The Bertz CT molecular complexity index is 663. The molecule has 2 N–H and O–H groups in total. The van der Waals surface area contributed by atoms with E-state index in [-0.39, 0.29) is 5.91 Å². The van der Waals surface area contributed by atoms with Gasteiger partial charge in [0.2, 0.25) is 5.91 Å². The molecule has 1 aromatic carbocycles. The normalized spacial score (nSPS) is 15.2. The predicted molar refractivity (Wildman–Crippen MR) is 96.9 cm³/mol. The van der Waals surface area contributed by atoms with E-state index in [1.165, 1.54) is 4.88 Å². The number of rotatable bonds is 6. The van der Waals surface area contributed by atoms with Crippen LogP contribution in [-0.2, 0) is 11.2 Å². The minimum absolute atomic E-state index is 0.0367. The highest BCUT2D eigenvalue weighted by molar-refractivity contribution is 7.15. The van der Waals surface area contributed by atoms with E-state index in [1.807, 2.05) is 37.4 Å². The Labute approximate surface area is 146 Å². The van der Waals surface area contributed by atoms with Crippen LogP contribution < -0.4 is 15.4 Å². The molecule has 0 saturated carbocycles. The van der Waals surface area contributed by atoms with Crippen LogP contribution in [0.15, 0.2) is 30.5 Å². The van der Waals surface area contributed by atoms with Gasteiger partial charge < -0.3 is 15.4 Å². The third-order valence-electron chi connectivity index (χ3n) is 4.11. The average Bonchev–Trinajstić information content (AvgIpc) is 3.06. The van der Waals surface area contributed by atoms with Gasteiger partial charge in [-0.25, -0.2) is 4.98 Å². The van der Waals surface area contributed by atoms with Crippen LogP contribution in [0.1, 0.15) is 36.1 Å². The van der Waals surface area contributed by atoms with E-state index in [0.29, 0.717) is 24.1 Å². The summed E-state index contributed by atoms with van der Waals surface area (Å²) >= 11 is 1.60. The number of carbonyl (C=O) groups excluding carboxylic acids is 1. The summed E-state index contributed by atoms with van der Waals surface area (Å²) < 4.78 is 5.41. The van der Waals surface area contributed by atoms with Crippen LogP contribution in [0.25, 0.3) is 0 Å². The molecule has 3 rings (SSSR count). The third kappa shape index (κ3) is 4.55. The van der Waals surface area contributed by atoms with E-state index in [1.54, 1.807) is 11.3 Å². The SMILES string of the molecule is CCOc1ccc(CC(=O)Nc2ncc(C3CCNCC3)s2)cc1. The summed E-state index contributed by atoms with van der Waals surface area (Å²) in [4.78, 5) is 17.8. The molecular weight excluding hydrogens is 322 g/mol. The van der Waals surface area contributed by atoms with Crippen molar-refractivity contribution in [2.45, 2.75) is 32.1 Å². The fraction of sp³-hybridized carbons (Fsp3) is 0.444. The van der Waals surface area contributed by atoms with Crippen molar-refractivity contribution in [3.05, 3.63) is 40.9 Å². The number of nitrogens with zero attached hydrogens (tertiary/aromatic N) is 1. The lowest BCUT2D eigenvalue weighted by atomic mass is 9.97. The molecule has 1 saturated heterocycles. The predicted octanol–water partition coefficient (Wildman–Crippen LogP) is 3.19. The zero-order chi connectivity index (χ0) is 16.8. The molecule has 1 aromatic heterocycles. The molecule has 24 heavy (non-hydrogen) atoms. The molecule has 1 aliphatic heterocycles. The van der Waals surface area contributed by atoms with Gasteiger partial charge in [0.15, 0.2) is 5.13 Å².